The van der Waals surface area contributed by atoms with Crippen molar-refractivity contribution in [1.29, 1.82) is 0 Å². The minimum absolute atomic E-state index is 1.04. The average Bonchev–Trinajstić information content (AvgIpc) is 2.90. The Balaban J connectivity index is 2.10. The molecule has 0 amide bonds. The highest BCUT2D eigenvalue weighted by Gasteiger charge is 2.09. The predicted molar refractivity (Wildman–Crippen MR) is 79.0 cm³/mol. The number of hydrogen-bond donors (Lipinski definition) is 1. The van der Waals surface area contributed by atoms with Crippen LogP contribution in [-0.2, 0) is 0 Å². The van der Waals surface area contributed by atoms with E-state index < -0.39 is 0 Å². The Morgan fingerprint density at radius 3 is 2.63 bits per heavy atom. The normalized spacial score (nSPS) is 11.2. The van der Waals surface area contributed by atoms with Crippen LogP contribution < -0.4 is 0 Å². The van der Waals surface area contributed by atoms with Crippen LogP contribution in [0.5, 0.6) is 0 Å². The molecule has 19 heavy (non-hydrogen) atoms. The van der Waals surface area contributed by atoms with Gasteiger partial charge in [0.1, 0.15) is 0 Å². The topological polar surface area (TPSA) is 28.7 Å². The highest BCUT2D eigenvalue weighted by atomic mass is 14.7. The van der Waals surface area contributed by atoms with E-state index in [1.165, 1.54) is 16.2 Å². The van der Waals surface area contributed by atoms with E-state index in [4.69, 9.17) is 0 Å². The molecular weight excluding hydrogens is 232 g/mol. The smallest absolute Gasteiger partial charge is 0.0795 e. The molecule has 2 aromatic carbocycles. The monoisotopic (exact) mass is 244 g/mol. The van der Waals surface area contributed by atoms with Gasteiger partial charge in [-0.3, -0.25) is 4.98 Å². The summed E-state index contributed by atoms with van der Waals surface area (Å²) in [6, 6.07) is 18.7. The van der Waals surface area contributed by atoms with E-state index in [1.54, 1.807) is 0 Å². The molecule has 0 saturated heterocycles. The second-order valence-electron chi connectivity index (χ2n) is 4.63. The summed E-state index contributed by atoms with van der Waals surface area (Å²) >= 11 is 0. The Kier molecular flexibility index (Phi) is 2.15. The van der Waals surface area contributed by atoms with E-state index in [2.05, 4.69) is 58.5 Å². The quantitative estimate of drug-likeness (QED) is 0.528. The summed E-state index contributed by atoms with van der Waals surface area (Å²) in [7, 11) is 0. The standard InChI is InChI=1S/C17H12N2/c1-2-8-14-13(5-1)11-19-17(14)15-9-3-6-12-7-4-10-18-16(12)15/h1-11,19H. The lowest BCUT2D eigenvalue weighted by Crippen LogP contribution is -1.84. The molecule has 0 unspecified atom stereocenters. The van der Waals surface area contributed by atoms with Crippen LogP contribution in [0.2, 0.25) is 0 Å². The van der Waals surface area contributed by atoms with Gasteiger partial charge < -0.3 is 4.98 Å². The average molecular weight is 244 g/mol. The maximum atomic E-state index is 4.52. The van der Waals surface area contributed by atoms with Crippen LogP contribution in [0.25, 0.3) is 32.9 Å². The van der Waals surface area contributed by atoms with Crippen LogP contribution in [0.4, 0.5) is 0 Å². The number of nitrogens with zero attached hydrogens (tertiary/aromatic N) is 1. The first kappa shape index (κ1) is 10.3. The number of pyridine rings is 1. The molecule has 0 aliphatic carbocycles. The van der Waals surface area contributed by atoms with E-state index in [0.717, 1.165) is 16.8 Å². The van der Waals surface area contributed by atoms with Gasteiger partial charge in [0.15, 0.2) is 0 Å². The first-order valence-electron chi connectivity index (χ1n) is 6.34. The lowest BCUT2D eigenvalue weighted by Gasteiger charge is -2.04. The van der Waals surface area contributed by atoms with Gasteiger partial charge in [-0.25, -0.2) is 0 Å². The van der Waals surface area contributed by atoms with Gasteiger partial charge in [-0.05, 0) is 11.5 Å². The number of para-hydroxylation sites is 1. The van der Waals surface area contributed by atoms with Crippen molar-refractivity contribution >= 4 is 21.7 Å². The minimum atomic E-state index is 1.04. The Morgan fingerprint density at radius 1 is 0.789 bits per heavy atom. The number of fused-ring (bicyclic) bond motifs is 2. The van der Waals surface area contributed by atoms with E-state index in [-0.39, 0.29) is 0 Å². The van der Waals surface area contributed by atoms with Gasteiger partial charge in [-0.15, -0.1) is 0 Å². The molecule has 0 atom stereocenters. The van der Waals surface area contributed by atoms with E-state index in [1.807, 2.05) is 18.5 Å². The van der Waals surface area contributed by atoms with Crippen molar-refractivity contribution in [3.8, 4) is 11.3 Å². The van der Waals surface area contributed by atoms with Crippen LogP contribution in [0.1, 0.15) is 0 Å². The van der Waals surface area contributed by atoms with E-state index in [0.29, 0.717) is 0 Å². The fourth-order valence-corrected chi connectivity index (χ4v) is 2.61. The van der Waals surface area contributed by atoms with Crippen LogP contribution in [0.15, 0.2) is 67.0 Å². The van der Waals surface area contributed by atoms with Gasteiger partial charge in [-0.2, -0.15) is 0 Å². The molecule has 0 fully saturated rings. The zero-order chi connectivity index (χ0) is 12.7. The SMILES string of the molecule is c1ccc2c(-c3cccc4cccnc34)[nH]cc2c1. The largest absolute Gasteiger partial charge is 0.360 e. The first-order valence-corrected chi connectivity index (χ1v) is 6.34. The molecule has 2 heterocycles. The van der Waals surface area contributed by atoms with Crippen LogP contribution in [0, 0.1) is 0 Å². The number of hydrogen-bond acceptors (Lipinski definition) is 1. The van der Waals surface area contributed by atoms with Crippen molar-refractivity contribution in [3.63, 3.8) is 0 Å². The van der Waals surface area contributed by atoms with Crippen molar-refractivity contribution in [1.82, 2.24) is 9.97 Å². The third kappa shape index (κ3) is 1.54. The minimum Gasteiger partial charge on any atom is -0.360 e. The summed E-state index contributed by atoms with van der Waals surface area (Å²) in [6.45, 7) is 0. The molecule has 4 rings (SSSR count). The molecule has 0 saturated carbocycles. The van der Waals surface area contributed by atoms with Crippen LogP contribution in [0.3, 0.4) is 0 Å². The van der Waals surface area contributed by atoms with Crippen molar-refractivity contribution in [3.05, 3.63) is 67.0 Å². The fourth-order valence-electron chi connectivity index (χ4n) is 2.61. The zero-order valence-electron chi connectivity index (χ0n) is 10.3. The Morgan fingerprint density at radius 2 is 1.63 bits per heavy atom. The van der Waals surface area contributed by atoms with Gasteiger partial charge >= 0.3 is 0 Å². The van der Waals surface area contributed by atoms with E-state index in [9.17, 15) is 0 Å². The molecule has 90 valence electrons. The summed E-state index contributed by atoms with van der Waals surface area (Å²) < 4.78 is 0. The molecule has 4 aromatic rings. The number of H-pyrrole nitrogens is 1. The Labute approximate surface area is 110 Å². The van der Waals surface area contributed by atoms with Gasteiger partial charge in [0.05, 0.1) is 11.2 Å². The Hall–Kier alpha value is -2.61. The second kappa shape index (κ2) is 3.95. The third-order valence-electron chi connectivity index (χ3n) is 3.50. The summed E-state index contributed by atoms with van der Waals surface area (Å²) in [6.07, 6.45) is 3.89. The predicted octanol–water partition coefficient (Wildman–Crippen LogP) is 4.38. The summed E-state index contributed by atoms with van der Waals surface area (Å²) in [5, 5.41) is 3.63. The van der Waals surface area contributed by atoms with Crippen LogP contribution >= 0.6 is 0 Å². The van der Waals surface area contributed by atoms with Gasteiger partial charge in [0, 0.05) is 28.7 Å². The molecule has 2 aromatic heterocycles. The maximum absolute atomic E-state index is 4.52. The van der Waals surface area contributed by atoms with Gasteiger partial charge in [0.25, 0.3) is 0 Å². The highest BCUT2D eigenvalue weighted by molar-refractivity contribution is 6.02. The molecule has 1 N–H and O–H groups in total. The lowest BCUT2D eigenvalue weighted by molar-refractivity contribution is 1.38. The summed E-state index contributed by atoms with van der Waals surface area (Å²) in [5.41, 5.74) is 3.33. The van der Waals surface area contributed by atoms with E-state index >= 15 is 0 Å². The zero-order valence-corrected chi connectivity index (χ0v) is 10.3. The molecule has 2 nitrogen and oxygen atoms in total. The van der Waals surface area contributed by atoms with Crippen LogP contribution in [-0.4, -0.2) is 9.97 Å². The lowest BCUT2D eigenvalue weighted by atomic mass is 10.0. The molecule has 2 heteroatoms. The van der Waals surface area contributed by atoms with Crippen molar-refractivity contribution in [2.24, 2.45) is 0 Å². The number of nitrogens with one attached hydrogen (secondary N) is 1. The number of rotatable bonds is 1. The molecule has 0 radical (unpaired) electrons. The van der Waals surface area contributed by atoms with Crippen molar-refractivity contribution in [2.45, 2.75) is 0 Å². The summed E-state index contributed by atoms with van der Waals surface area (Å²) in [5.74, 6) is 0. The molecule has 0 bridgehead atoms. The maximum Gasteiger partial charge on any atom is 0.0795 e. The number of benzene rings is 2. The van der Waals surface area contributed by atoms with Gasteiger partial charge in [0.2, 0.25) is 0 Å². The third-order valence-corrected chi connectivity index (χ3v) is 3.50. The molecule has 0 aliphatic heterocycles. The number of aromatic nitrogens is 2. The second-order valence-corrected chi connectivity index (χ2v) is 4.63. The first-order chi connectivity index (χ1) is 9.43. The molecular formula is C17H12N2. The molecule has 0 spiro atoms. The Bertz CT molecular complexity index is 869. The summed E-state index contributed by atoms with van der Waals surface area (Å²) in [4.78, 5) is 7.91. The fraction of sp³-hybridized carbons (Fsp3) is 0. The highest BCUT2D eigenvalue weighted by Crippen LogP contribution is 2.31. The van der Waals surface area contributed by atoms with Gasteiger partial charge in [-0.1, -0.05) is 48.5 Å². The van der Waals surface area contributed by atoms with Crippen molar-refractivity contribution in [2.75, 3.05) is 0 Å². The number of aromatic amines is 1. The molecule has 0 aliphatic rings. The van der Waals surface area contributed by atoms with Crippen molar-refractivity contribution < 1.29 is 0 Å².